The monoisotopic (exact) mass is 236 g/mol. The number of hydrogen-bond acceptors (Lipinski definition) is 4. The fourth-order valence-corrected chi connectivity index (χ4v) is 1.17. The summed E-state index contributed by atoms with van der Waals surface area (Å²) in [5.74, 6) is -0.455. The number of benzene rings is 1. The van der Waals surface area contributed by atoms with E-state index >= 15 is 0 Å². The van der Waals surface area contributed by atoms with Crippen LogP contribution in [-0.4, -0.2) is 18.1 Å². The van der Waals surface area contributed by atoms with Crippen LogP contribution in [0, 0.1) is 0 Å². The molecular formula is C9H11F3N2O2. The van der Waals surface area contributed by atoms with Crippen LogP contribution in [-0.2, 0) is 0 Å². The van der Waals surface area contributed by atoms with E-state index in [-0.39, 0.29) is 11.3 Å². The fourth-order valence-electron chi connectivity index (χ4n) is 1.17. The zero-order valence-electron chi connectivity index (χ0n) is 8.16. The summed E-state index contributed by atoms with van der Waals surface area (Å²) in [5.41, 5.74) is 11.1. The van der Waals surface area contributed by atoms with E-state index in [9.17, 15) is 13.2 Å². The van der Waals surface area contributed by atoms with Gasteiger partial charge in [0.15, 0.2) is 0 Å². The maximum atomic E-state index is 12.0. The van der Waals surface area contributed by atoms with Crippen LogP contribution in [0.2, 0.25) is 0 Å². The lowest BCUT2D eigenvalue weighted by atomic mass is 10.1. The minimum absolute atomic E-state index is 0.0137. The molecule has 0 aliphatic heterocycles. The summed E-state index contributed by atoms with van der Waals surface area (Å²) < 4.78 is 39.9. The lowest BCUT2D eigenvalue weighted by Gasteiger charge is -2.16. The van der Waals surface area contributed by atoms with Crippen molar-refractivity contribution in [3.63, 3.8) is 0 Å². The van der Waals surface area contributed by atoms with E-state index in [2.05, 4.69) is 4.74 Å². The fraction of sp³-hybridized carbons (Fsp3) is 0.333. The van der Waals surface area contributed by atoms with Crippen molar-refractivity contribution in [3.8, 4) is 5.75 Å². The van der Waals surface area contributed by atoms with Gasteiger partial charge in [-0.3, -0.25) is 0 Å². The Morgan fingerprint density at radius 1 is 1.38 bits per heavy atom. The van der Waals surface area contributed by atoms with Gasteiger partial charge in [-0.25, -0.2) is 0 Å². The molecule has 1 atom stereocenters. The van der Waals surface area contributed by atoms with Gasteiger partial charge < -0.3 is 21.3 Å². The first kappa shape index (κ1) is 12.6. The second-order valence-corrected chi connectivity index (χ2v) is 3.13. The third-order valence-corrected chi connectivity index (χ3v) is 1.86. The molecule has 90 valence electrons. The van der Waals surface area contributed by atoms with Gasteiger partial charge in [0.2, 0.25) is 0 Å². The minimum atomic E-state index is -4.81. The van der Waals surface area contributed by atoms with E-state index in [1.807, 2.05) is 0 Å². The van der Waals surface area contributed by atoms with Crippen molar-refractivity contribution < 1.29 is 23.0 Å². The van der Waals surface area contributed by atoms with E-state index in [1.165, 1.54) is 12.1 Å². The molecule has 5 N–H and O–H groups in total. The van der Waals surface area contributed by atoms with Crippen molar-refractivity contribution in [2.45, 2.75) is 12.4 Å². The maximum absolute atomic E-state index is 12.0. The van der Waals surface area contributed by atoms with Crippen LogP contribution in [0.4, 0.5) is 18.9 Å². The SMILES string of the molecule is Nc1ccc(OC(F)(F)F)c([C@@H](N)CO)c1. The third-order valence-electron chi connectivity index (χ3n) is 1.86. The van der Waals surface area contributed by atoms with E-state index in [0.29, 0.717) is 0 Å². The van der Waals surface area contributed by atoms with Gasteiger partial charge in [0.05, 0.1) is 12.6 Å². The normalized spacial score (nSPS) is 13.6. The van der Waals surface area contributed by atoms with Gasteiger partial charge in [-0.1, -0.05) is 0 Å². The second kappa shape index (κ2) is 4.58. The van der Waals surface area contributed by atoms with Crippen LogP contribution in [0.5, 0.6) is 5.75 Å². The molecule has 0 aliphatic carbocycles. The predicted molar refractivity (Wildman–Crippen MR) is 51.6 cm³/mol. The van der Waals surface area contributed by atoms with E-state index in [0.717, 1.165) is 6.07 Å². The van der Waals surface area contributed by atoms with E-state index < -0.39 is 24.8 Å². The van der Waals surface area contributed by atoms with Crippen LogP contribution in [0.3, 0.4) is 0 Å². The highest BCUT2D eigenvalue weighted by molar-refractivity contribution is 5.49. The minimum Gasteiger partial charge on any atom is -0.405 e. The molecule has 1 aromatic rings. The van der Waals surface area contributed by atoms with Crippen LogP contribution in [0.15, 0.2) is 18.2 Å². The Labute approximate surface area is 89.6 Å². The number of aliphatic hydroxyl groups excluding tert-OH is 1. The molecular weight excluding hydrogens is 225 g/mol. The van der Waals surface area contributed by atoms with Gasteiger partial charge in [-0.05, 0) is 18.2 Å². The summed E-state index contributed by atoms with van der Waals surface area (Å²) in [6, 6.07) is 2.59. The Morgan fingerprint density at radius 2 is 2.00 bits per heavy atom. The van der Waals surface area contributed by atoms with Crippen molar-refractivity contribution in [2.24, 2.45) is 5.73 Å². The average Bonchev–Trinajstić information content (AvgIpc) is 2.17. The molecule has 0 fully saturated rings. The smallest absolute Gasteiger partial charge is 0.405 e. The van der Waals surface area contributed by atoms with Crippen LogP contribution >= 0.6 is 0 Å². The number of alkyl halides is 3. The van der Waals surface area contributed by atoms with Gasteiger partial charge in [0.1, 0.15) is 5.75 Å². The molecule has 0 saturated heterocycles. The molecule has 0 spiro atoms. The molecule has 0 saturated carbocycles. The first-order valence-corrected chi connectivity index (χ1v) is 4.35. The average molecular weight is 236 g/mol. The second-order valence-electron chi connectivity index (χ2n) is 3.13. The molecule has 1 rings (SSSR count). The van der Waals surface area contributed by atoms with Crippen molar-refractivity contribution in [3.05, 3.63) is 23.8 Å². The topological polar surface area (TPSA) is 81.5 Å². The maximum Gasteiger partial charge on any atom is 0.573 e. The number of anilines is 1. The van der Waals surface area contributed by atoms with Crippen LogP contribution in [0.25, 0.3) is 0 Å². The van der Waals surface area contributed by atoms with Crippen molar-refractivity contribution in [2.75, 3.05) is 12.3 Å². The van der Waals surface area contributed by atoms with E-state index in [4.69, 9.17) is 16.6 Å². The first-order valence-electron chi connectivity index (χ1n) is 4.35. The molecule has 0 unspecified atom stereocenters. The van der Waals surface area contributed by atoms with E-state index in [1.54, 1.807) is 0 Å². The molecule has 0 amide bonds. The van der Waals surface area contributed by atoms with Crippen LogP contribution in [0.1, 0.15) is 11.6 Å². The lowest BCUT2D eigenvalue weighted by molar-refractivity contribution is -0.275. The Hall–Kier alpha value is -1.47. The number of halogens is 3. The Balaban J connectivity index is 3.07. The number of hydrogen-bond donors (Lipinski definition) is 3. The molecule has 0 aromatic heterocycles. The van der Waals surface area contributed by atoms with Crippen molar-refractivity contribution >= 4 is 5.69 Å². The molecule has 0 aliphatic rings. The highest BCUT2D eigenvalue weighted by Gasteiger charge is 2.32. The lowest BCUT2D eigenvalue weighted by Crippen LogP contribution is -2.21. The number of rotatable bonds is 3. The first-order chi connectivity index (χ1) is 7.33. The van der Waals surface area contributed by atoms with Gasteiger partial charge in [0, 0.05) is 11.3 Å². The summed E-state index contributed by atoms with van der Waals surface area (Å²) in [6.45, 7) is -0.502. The number of aliphatic hydroxyl groups is 1. The van der Waals surface area contributed by atoms with Crippen molar-refractivity contribution in [1.82, 2.24) is 0 Å². The number of ether oxygens (including phenoxy) is 1. The number of nitrogen functional groups attached to an aromatic ring is 1. The Morgan fingerprint density at radius 3 is 2.50 bits per heavy atom. The largest absolute Gasteiger partial charge is 0.573 e. The van der Waals surface area contributed by atoms with Gasteiger partial charge in [0.25, 0.3) is 0 Å². The summed E-state index contributed by atoms with van der Waals surface area (Å²) in [4.78, 5) is 0. The molecule has 0 bridgehead atoms. The summed E-state index contributed by atoms with van der Waals surface area (Å²) in [7, 11) is 0. The zero-order valence-corrected chi connectivity index (χ0v) is 8.16. The van der Waals surface area contributed by atoms with Crippen molar-refractivity contribution in [1.29, 1.82) is 0 Å². The summed E-state index contributed by atoms with van der Waals surface area (Å²) in [5, 5.41) is 8.80. The quantitative estimate of drug-likeness (QED) is 0.688. The molecule has 16 heavy (non-hydrogen) atoms. The van der Waals surface area contributed by atoms with Gasteiger partial charge in [-0.2, -0.15) is 0 Å². The molecule has 0 heterocycles. The third kappa shape index (κ3) is 3.28. The number of nitrogens with two attached hydrogens (primary N) is 2. The van der Waals surface area contributed by atoms with Gasteiger partial charge >= 0.3 is 6.36 Å². The Kier molecular flexibility index (Phi) is 3.61. The molecule has 4 nitrogen and oxygen atoms in total. The highest BCUT2D eigenvalue weighted by Crippen LogP contribution is 2.30. The Bertz CT molecular complexity index is 368. The standard InChI is InChI=1S/C9H11F3N2O2/c10-9(11,12)16-8-2-1-5(13)3-6(8)7(14)4-15/h1-3,7,15H,4,13-14H2/t7-/m0/s1. The molecule has 1 aromatic carbocycles. The van der Waals surface area contributed by atoms with Gasteiger partial charge in [-0.15, -0.1) is 13.2 Å². The molecule has 7 heteroatoms. The van der Waals surface area contributed by atoms with Crippen LogP contribution < -0.4 is 16.2 Å². The highest BCUT2D eigenvalue weighted by atomic mass is 19.4. The predicted octanol–water partition coefficient (Wildman–Crippen LogP) is 1.16. The zero-order chi connectivity index (χ0) is 12.3. The summed E-state index contributed by atoms with van der Waals surface area (Å²) >= 11 is 0. The summed E-state index contributed by atoms with van der Waals surface area (Å²) in [6.07, 6.45) is -4.81. The molecule has 0 radical (unpaired) electrons.